The predicted molar refractivity (Wildman–Crippen MR) is 92.5 cm³/mol. The van der Waals surface area contributed by atoms with E-state index in [1.54, 1.807) is 0 Å². The number of benzene rings is 1. The van der Waals surface area contributed by atoms with Gasteiger partial charge in [0, 0.05) is 29.9 Å². The summed E-state index contributed by atoms with van der Waals surface area (Å²) in [7, 11) is 1.85. The predicted octanol–water partition coefficient (Wildman–Crippen LogP) is 3.55. The number of hydrogen-bond donors (Lipinski definition) is 2. The van der Waals surface area contributed by atoms with Crippen LogP contribution in [0.25, 0.3) is 0 Å². The fourth-order valence-corrected chi connectivity index (χ4v) is 2.53. The van der Waals surface area contributed by atoms with Crippen LogP contribution in [0.5, 0.6) is 0 Å². The molecule has 0 fully saturated rings. The molecule has 1 amide bonds. The lowest BCUT2D eigenvalue weighted by Crippen LogP contribution is -2.40. The Labute approximate surface area is 139 Å². The standard InChI is InChI=1S/C16H25ClN2O.ClH/c1-4-16(5-2,12-19-15(20)10-11-18-3)13-6-8-14(17)9-7-13;/h6-9,18H,4-5,10-12H2,1-3H3,(H,19,20);1H. The molecule has 0 bridgehead atoms. The summed E-state index contributed by atoms with van der Waals surface area (Å²) in [6, 6.07) is 7.96. The van der Waals surface area contributed by atoms with E-state index < -0.39 is 0 Å². The second-order valence-corrected chi connectivity index (χ2v) is 5.56. The third-order valence-corrected chi connectivity index (χ3v) is 4.29. The van der Waals surface area contributed by atoms with E-state index in [1.165, 1.54) is 5.56 Å². The number of carbonyl (C=O) groups is 1. The van der Waals surface area contributed by atoms with E-state index >= 15 is 0 Å². The summed E-state index contributed by atoms with van der Waals surface area (Å²) in [6.07, 6.45) is 2.48. The Morgan fingerprint density at radius 1 is 1.19 bits per heavy atom. The molecule has 0 aromatic heterocycles. The Kier molecular flexibility index (Phi) is 9.67. The number of carbonyl (C=O) groups excluding carboxylic acids is 1. The Bertz CT molecular complexity index is 417. The molecule has 21 heavy (non-hydrogen) atoms. The van der Waals surface area contributed by atoms with E-state index in [9.17, 15) is 4.79 Å². The lowest BCUT2D eigenvalue weighted by molar-refractivity contribution is -0.121. The Morgan fingerprint density at radius 2 is 1.76 bits per heavy atom. The van der Waals surface area contributed by atoms with Crippen molar-refractivity contribution in [1.82, 2.24) is 10.6 Å². The van der Waals surface area contributed by atoms with Gasteiger partial charge >= 0.3 is 0 Å². The van der Waals surface area contributed by atoms with Crippen molar-refractivity contribution in [3.05, 3.63) is 34.9 Å². The van der Waals surface area contributed by atoms with Crippen LogP contribution in [0.4, 0.5) is 0 Å². The Morgan fingerprint density at radius 3 is 2.24 bits per heavy atom. The van der Waals surface area contributed by atoms with Crippen molar-refractivity contribution in [1.29, 1.82) is 0 Å². The monoisotopic (exact) mass is 332 g/mol. The second kappa shape index (κ2) is 10.0. The van der Waals surface area contributed by atoms with Gasteiger partial charge in [0.05, 0.1) is 0 Å². The molecule has 2 N–H and O–H groups in total. The van der Waals surface area contributed by atoms with Gasteiger partial charge in [-0.05, 0) is 37.6 Å². The maximum Gasteiger partial charge on any atom is 0.221 e. The smallest absolute Gasteiger partial charge is 0.221 e. The van der Waals surface area contributed by atoms with Crippen LogP contribution in [0, 0.1) is 0 Å². The largest absolute Gasteiger partial charge is 0.355 e. The highest BCUT2D eigenvalue weighted by Crippen LogP contribution is 2.31. The SMILES string of the molecule is CCC(CC)(CNC(=O)CCNC)c1ccc(Cl)cc1.Cl. The van der Waals surface area contributed by atoms with Crippen molar-refractivity contribution in [3.63, 3.8) is 0 Å². The fraction of sp³-hybridized carbons (Fsp3) is 0.562. The minimum absolute atomic E-state index is 0. The van der Waals surface area contributed by atoms with Gasteiger partial charge in [-0.2, -0.15) is 0 Å². The van der Waals surface area contributed by atoms with Gasteiger partial charge in [0.15, 0.2) is 0 Å². The van der Waals surface area contributed by atoms with Crippen LogP contribution < -0.4 is 10.6 Å². The summed E-state index contributed by atoms with van der Waals surface area (Å²) in [6.45, 7) is 5.71. The first-order valence-corrected chi connectivity index (χ1v) is 7.63. The molecule has 0 aliphatic heterocycles. The van der Waals surface area contributed by atoms with Crippen LogP contribution in [-0.2, 0) is 10.2 Å². The molecule has 3 nitrogen and oxygen atoms in total. The summed E-state index contributed by atoms with van der Waals surface area (Å²) in [5, 5.41) is 6.79. The average molecular weight is 333 g/mol. The summed E-state index contributed by atoms with van der Waals surface area (Å²) < 4.78 is 0. The molecule has 0 saturated heterocycles. The number of nitrogens with one attached hydrogen (secondary N) is 2. The molecule has 0 aliphatic rings. The zero-order valence-corrected chi connectivity index (χ0v) is 14.6. The summed E-state index contributed by atoms with van der Waals surface area (Å²) in [4.78, 5) is 11.8. The van der Waals surface area contributed by atoms with Gasteiger partial charge in [-0.15, -0.1) is 12.4 Å². The van der Waals surface area contributed by atoms with Crippen molar-refractivity contribution >= 4 is 29.9 Å². The highest BCUT2D eigenvalue weighted by molar-refractivity contribution is 6.30. The van der Waals surface area contributed by atoms with Crippen molar-refractivity contribution in [2.24, 2.45) is 0 Å². The molecule has 1 rings (SSSR count). The molecule has 0 radical (unpaired) electrons. The number of rotatable bonds is 8. The van der Waals surface area contributed by atoms with E-state index in [0.717, 1.165) is 17.9 Å². The number of hydrogen-bond acceptors (Lipinski definition) is 2. The molecule has 0 aliphatic carbocycles. The molecular weight excluding hydrogens is 307 g/mol. The van der Waals surface area contributed by atoms with E-state index in [2.05, 4.69) is 36.6 Å². The first kappa shape index (κ1) is 20.2. The lowest BCUT2D eigenvalue weighted by atomic mass is 9.76. The highest BCUT2D eigenvalue weighted by Gasteiger charge is 2.28. The van der Waals surface area contributed by atoms with E-state index in [1.807, 2.05) is 19.2 Å². The molecule has 120 valence electrons. The van der Waals surface area contributed by atoms with Crippen LogP contribution in [0.2, 0.25) is 5.02 Å². The van der Waals surface area contributed by atoms with Crippen molar-refractivity contribution in [2.45, 2.75) is 38.5 Å². The normalized spacial score (nSPS) is 10.9. The quantitative estimate of drug-likeness (QED) is 0.764. The second-order valence-electron chi connectivity index (χ2n) is 5.12. The minimum atomic E-state index is -0.0140. The Balaban J connectivity index is 0.00000400. The van der Waals surface area contributed by atoms with Gasteiger partial charge in [-0.3, -0.25) is 4.79 Å². The minimum Gasteiger partial charge on any atom is -0.355 e. The molecule has 0 unspecified atom stereocenters. The first-order chi connectivity index (χ1) is 9.57. The van der Waals surface area contributed by atoms with Gasteiger partial charge in [-0.1, -0.05) is 37.6 Å². The zero-order chi connectivity index (χ0) is 15.0. The van der Waals surface area contributed by atoms with Crippen LogP contribution in [0.15, 0.2) is 24.3 Å². The van der Waals surface area contributed by atoms with Gasteiger partial charge < -0.3 is 10.6 Å². The van der Waals surface area contributed by atoms with E-state index in [4.69, 9.17) is 11.6 Å². The molecule has 1 aromatic rings. The van der Waals surface area contributed by atoms with Crippen LogP contribution in [0.1, 0.15) is 38.7 Å². The summed E-state index contributed by atoms with van der Waals surface area (Å²) in [5.41, 5.74) is 1.22. The maximum absolute atomic E-state index is 11.8. The average Bonchev–Trinajstić information content (AvgIpc) is 2.48. The topological polar surface area (TPSA) is 41.1 Å². The van der Waals surface area contributed by atoms with Crippen LogP contribution in [0.3, 0.4) is 0 Å². The van der Waals surface area contributed by atoms with Gasteiger partial charge in [-0.25, -0.2) is 0 Å². The van der Waals surface area contributed by atoms with Gasteiger partial charge in [0.25, 0.3) is 0 Å². The zero-order valence-electron chi connectivity index (χ0n) is 13.0. The van der Waals surface area contributed by atoms with Gasteiger partial charge in [0.2, 0.25) is 5.91 Å². The Hall–Kier alpha value is -0.770. The van der Waals surface area contributed by atoms with Crippen LogP contribution in [-0.4, -0.2) is 26.0 Å². The third kappa shape index (κ3) is 5.85. The number of amides is 1. The maximum atomic E-state index is 11.8. The van der Waals surface area contributed by atoms with E-state index in [-0.39, 0.29) is 23.7 Å². The van der Waals surface area contributed by atoms with Crippen molar-refractivity contribution < 1.29 is 4.79 Å². The fourth-order valence-electron chi connectivity index (χ4n) is 2.41. The molecular formula is C16H26Cl2N2O. The molecule has 0 spiro atoms. The molecule has 0 heterocycles. The number of halogens is 2. The summed E-state index contributed by atoms with van der Waals surface area (Å²) in [5.74, 6) is 0.0968. The third-order valence-electron chi connectivity index (χ3n) is 4.04. The van der Waals surface area contributed by atoms with Crippen LogP contribution >= 0.6 is 24.0 Å². The lowest BCUT2D eigenvalue weighted by Gasteiger charge is -2.32. The van der Waals surface area contributed by atoms with E-state index in [0.29, 0.717) is 19.5 Å². The molecule has 0 atom stereocenters. The first-order valence-electron chi connectivity index (χ1n) is 7.25. The van der Waals surface area contributed by atoms with Crippen molar-refractivity contribution in [3.8, 4) is 0 Å². The highest BCUT2D eigenvalue weighted by atomic mass is 35.5. The molecule has 1 aromatic carbocycles. The summed E-state index contributed by atoms with van der Waals surface area (Å²) >= 11 is 5.96. The molecule has 5 heteroatoms. The van der Waals surface area contributed by atoms with Crippen molar-refractivity contribution in [2.75, 3.05) is 20.1 Å². The van der Waals surface area contributed by atoms with Gasteiger partial charge in [0.1, 0.15) is 0 Å². The molecule has 0 saturated carbocycles.